The van der Waals surface area contributed by atoms with Crippen LogP contribution >= 0.6 is 0 Å². The third kappa shape index (κ3) is 7.30. The molecular weight excluding hydrogens is 593 g/mol. The van der Waals surface area contributed by atoms with E-state index in [9.17, 15) is 0 Å². The van der Waals surface area contributed by atoms with Gasteiger partial charge in [-0.2, -0.15) is 0 Å². The molecule has 0 heterocycles. The SMILES string of the molecule is CC=C=C(CO[Si](c1ccccc1)(c1ccccc1)C(C)(C)C)C(=C=CC)CO[Si](c1ccccc1)(c1ccccc1)C(C)(C)C. The van der Waals surface area contributed by atoms with Crippen molar-refractivity contribution in [2.45, 2.75) is 65.5 Å². The minimum Gasteiger partial charge on any atom is -0.402 e. The number of benzene rings is 4. The summed E-state index contributed by atoms with van der Waals surface area (Å²) in [5, 5.41) is 4.77. The number of rotatable bonds is 11. The lowest BCUT2D eigenvalue weighted by atomic mass is 10.1. The first-order valence-electron chi connectivity index (χ1n) is 16.3. The zero-order valence-electron chi connectivity index (χ0n) is 28.9. The van der Waals surface area contributed by atoms with Gasteiger partial charge >= 0.3 is 0 Å². The Balaban J connectivity index is 1.80. The molecule has 0 aliphatic carbocycles. The second-order valence-electron chi connectivity index (χ2n) is 13.7. The maximum absolute atomic E-state index is 7.38. The molecule has 0 saturated heterocycles. The second kappa shape index (κ2) is 15.2. The van der Waals surface area contributed by atoms with Crippen molar-refractivity contribution in [3.05, 3.63) is 156 Å². The van der Waals surface area contributed by atoms with Crippen molar-refractivity contribution >= 4 is 37.4 Å². The lowest BCUT2D eigenvalue weighted by molar-refractivity contribution is 0.312. The zero-order chi connectivity index (χ0) is 33.3. The van der Waals surface area contributed by atoms with E-state index in [-0.39, 0.29) is 10.1 Å². The van der Waals surface area contributed by atoms with E-state index in [1.807, 2.05) is 26.0 Å². The Morgan fingerprint density at radius 2 is 0.717 bits per heavy atom. The highest BCUT2D eigenvalue weighted by atomic mass is 28.4. The van der Waals surface area contributed by atoms with Crippen LogP contribution in [0.2, 0.25) is 10.1 Å². The van der Waals surface area contributed by atoms with E-state index in [0.717, 1.165) is 11.1 Å². The van der Waals surface area contributed by atoms with E-state index in [1.165, 1.54) is 20.7 Å². The Labute approximate surface area is 280 Å². The Bertz CT molecular complexity index is 1460. The van der Waals surface area contributed by atoms with Crippen LogP contribution in [0.3, 0.4) is 0 Å². The standard InChI is InChI=1S/C42H50O2Si2/c1-9-23-35(33-43-45(41(3,4)5,37-25-15-11-16-26-37)38-27-17-12-18-28-38)36(24-10-2)34-44-46(42(6,7)8,39-29-19-13-20-30-39)40-31-21-14-22-32-40/h9-22,25-32H,33-34H2,1-8H3. The molecule has 0 aromatic heterocycles. The average Bonchev–Trinajstić information content (AvgIpc) is 3.05. The molecule has 0 bridgehead atoms. The third-order valence-corrected chi connectivity index (χ3v) is 18.7. The van der Waals surface area contributed by atoms with Gasteiger partial charge in [0.2, 0.25) is 0 Å². The average molecular weight is 643 g/mol. The molecular formula is C42H50O2Si2. The Morgan fingerprint density at radius 1 is 0.478 bits per heavy atom. The van der Waals surface area contributed by atoms with Crippen molar-refractivity contribution in [3.63, 3.8) is 0 Å². The molecule has 0 N–H and O–H groups in total. The van der Waals surface area contributed by atoms with Gasteiger partial charge in [-0.3, -0.25) is 0 Å². The van der Waals surface area contributed by atoms with Crippen LogP contribution in [0.25, 0.3) is 0 Å². The van der Waals surface area contributed by atoms with Crippen molar-refractivity contribution in [2.24, 2.45) is 0 Å². The first-order valence-corrected chi connectivity index (χ1v) is 20.1. The summed E-state index contributed by atoms with van der Waals surface area (Å²) in [7, 11) is -5.53. The van der Waals surface area contributed by atoms with Gasteiger partial charge in [-0.1, -0.05) is 163 Å². The first-order chi connectivity index (χ1) is 22.0. The lowest BCUT2D eigenvalue weighted by Crippen LogP contribution is -2.67. The van der Waals surface area contributed by atoms with Crippen molar-refractivity contribution in [3.8, 4) is 0 Å². The minimum atomic E-state index is -2.76. The summed E-state index contributed by atoms with van der Waals surface area (Å²) >= 11 is 0. The molecule has 4 heteroatoms. The normalized spacial score (nSPS) is 12.1. The summed E-state index contributed by atoms with van der Waals surface area (Å²) in [5.41, 5.74) is 9.04. The van der Waals surface area contributed by atoms with Gasteiger partial charge in [0, 0.05) is 11.1 Å². The summed E-state index contributed by atoms with van der Waals surface area (Å²) in [5.74, 6) is 0. The minimum absolute atomic E-state index is 0.132. The van der Waals surface area contributed by atoms with Crippen LogP contribution in [0.15, 0.2) is 156 Å². The molecule has 0 aliphatic heterocycles. The molecule has 238 valence electrons. The zero-order valence-corrected chi connectivity index (χ0v) is 30.9. The van der Waals surface area contributed by atoms with Crippen LogP contribution in [-0.4, -0.2) is 29.8 Å². The van der Waals surface area contributed by atoms with Gasteiger partial charge in [0.25, 0.3) is 16.6 Å². The molecule has 46 heavy (non-hydrogen) atoms. The molecule has 0 spiro atoms. The number of hydrogen-bond donors (Lipinski definition) is 0. The van der Waals surface area contributed by atoms with E-state index in [2.05, 4.69) is 174 Å². The van der Waals surface area contributed by atoms with Crippen molar-refractivity contribution in [2.75, 3.05) is 13.2 Å². The lowest BCUT2D eigenvalue weighted by Gasteiger charge is -2.44. The van der Waals surface area contributed by atoms with Crippen LogP contribution in [0.1, 0.15) is 55.4 Å². The van der Waals surface area contributed by atoms with Crippen molar-refractivity contribution in [1.29, 1.82) is 0 Å². The van der Waals surface area contributed by atoms with Crippen LogP contribution in [0.5, 0.6) is 0 Å². The largest absolute Gasteiger partial charge is 0.402 e. The predicted octanol–water partition coefficient (Wildman–Crippen LogP) is 8.34. The summed E-state index contributed by atoms with van der Waals surface area (Å²) in [6, 6.07) is 43.2. The van der Waals surface area contributed by atoms with Crippen molar-refractivity contribution < 1.29 is 8.85 Å². The molecule has 0 fully saturated rings. The van der Waals surface area contributed by atoms with E-state index in [4.69, 9.17) is 8.85 Å². The van der Waals surface area contributed by atoms with Crippen LogP contribution < -0.4 is 20.7 Å². The van der Waals surface area contributed by atoms with Gasteiger partial charge in [-0.25, -0.2) is 0 Å². The first kappa shape index (κ1) is 35.1. The van der Waals surface area contributed by atoms with E-state index >= 15 is 0 Å². The summed E-state index contributed by atoms with van der Waals surface area (Å²) in [4.78, 5) is 0. The van der Waals surface area contributed by atoms with Crippen molar-refractivity contribution in [1.82, 2.24) is 0 Å². The van der Waals surface area contributed by atoms with Gasteiger partial charge in [0.05, 0.1) is 13.2 Å². The fraction of sp³-hybridized carbons (Fsp3) is 0.286. The molecule has 0 atom stereocenters. The molecule has 4 rings (SSSR count). The van der Waals surface area contributed by atoms with Gasteiger partial charge in [0.1, 0.15) is 0 Å². The quantitative estimate of drug-likeness (QED) is 0.0931. The van der Waals surface area contributed by atoms with E-state index < -0.39 is 16.6 Å². The van der Waals surface area contributed by atoms with Gasteiger partial charge < -0.3 is 8.85 Å². The molecule has 0 radical (unpaired) electrons. The maximum atomic E-state index is 7.38. The van der Waals surface area contributed by atoms with Crippen LogP contribution in [-0.2, 0) is 8.85 Å². The third-order valence-electron chi connectivity index (χ3n) is 8.70. The molecule has 0 amide bonds. The van der Waals surface area contributed by atoms with E-state index in [1.54, 1.807) is 0 Å². The summed E-state index contributed by atoms with van der Waals surface area (Å²) in [6.07, 6.45) is 3.95. The Kier molecular flexibility index (Phi) is 11.6. The molecule has 4 aromatic rings. The highest BCUT2D eigenvalue weighted by Crippen LogP contribution is 2.39. The van der Waals surface area contributed by atoms with Crippen LogP contribution in [0, 0.1) is 0 Å². The topological polar surface area (TPSA) is 18.5 Å². The van der Waals surface area contributed by atoms with E-state index in [0.29, 0.717) is 13.2 Å². The van der Waals surface area contributed by atoms with Crippen LogP contribution in [0.4, 0.5) is 0 Å². The monoisotopic (exact) mass is 642 g/mol. The molecule has 2 nitrogen and oxygen atoms in total. The smallest absolute Gasteiger partial charge is 0.261 e. The maximum Gasteiger partial charge on any atom is 0.261 e. The summed E-state index contributed by atoms with van der Waals surface area (Å²) < 4.78 is 14.8. The predicted molar refractivity (Wildman–Crippen MR) is 202 cm³/mol. The van der Waals surface area contributed by atoms with Gasteiger partial charge in [0.15, 0.2) is 0 Å². The fourth-order valence-electron chi connectivity index (χ4n) is 6.66. The van der Waals surface area contributed by atoms with Gasteiger partial charge in [-0.05, 0) is 56.8 Å². The Hall–Kier alpha value is -3.73. The number of hydrogen-bond acceptors (Lipinski definition) is 2. The molecule has 0 saturated carbocycles. The summed E-state index contributed by atoms with van der Waals surface area (Å²) in [6.45, 7) is 18.7. The molecule has 4 aromatic carbocycles. The van der Waals surface area contributed by atoms with Gasteiger partial charge in [-0.15, -0.1) is 11.5 Å². The highest BCUT2D eigenvalue weighted by Gasteiger charge is 2.51. The molecule has 0 aliphatic rings. The fourth-order valence-corrected chi connectivity index (χ4v) is 15.7. The second-order valence-corrected chi connectivity index (χ2v) is 22.3. The molecule has 0 unspecified atom stereocenters. The Morgan fingerprint density at radius 3 is 0.913 bits per heavy atom. The highest BCUT2D eigenvalue weighted by molar-refractivity contribution is 7.00.